The molecule has 0 saturated heterocycles. The highest BCUT2D eigenvalue weighted by Crippen LogP contribution is 2.30. The van der Waals surface area contributed by atoms with Gasteiger partial charge in [-0.1, -0.05) is 24.9 Å². The summed E-state index contributed by atoms with van der Waals surface area (Å²) in [5, 5.41) is 0.823. The van der Waals surface area contributed by atoms with E-state index in [1.807, 2.05) is 6.92 Å². The second kappa shape index (κ2) is 5.25. The number of nitrogens with zero attached hydrogens (tertiary/aromatic N) is 1. The molecule has 0 atom stereocenters. The van der Waals surface area contributed by atoms with Gasteiger partial charge in [0.25, 0.3) is 0 Å². The molecule has 0 fully saturated rings. The fourth-order valence-corrected chi connectivity index (χ4v) is 2.07. The number of hydrogen-bond donors (Lipinski definition) is 0. The van der Waals surface area contributed by atoms with E-state index >= 15 is 0 Å². The van der Waals surface area contributed by atoms with Crippen LogP contribution in [0.25, 0.3) is 10.9 Å². The first kappa shape index (κ1) is 13.9. The molecular formula is C13H11ClF3NO. The van der Waals surface area contributed by atoms with E-state index in [1.165, 1.54) is 18.2 Å². The van der Waals surface area contributed by atoms with Crippen molar-refractivity contribution in [1.82, 2.24) is 4.98 Å². The van der Waals surface area contributed by atoms with Crippen molar-refractivity contribution in [2.75, 3.05) is 0 Å². The van der Waals surface area contributed by atoms with Crippen LogP contribution in [0, 0.1) is 0 Å². The summed E-state index contributed by atoms with van der Waals surface area (Å²) >= 11 is 6.06. The number of alkyl halides is 3. The van der Waals surface area contributed by atoms with Crippen molar-refractivity contribution in [1.29, 1.82) is 0 Å². The minimum absolute atomic E-state index is 0.299. The minimum atomic E-state index is -4.71. The van der Waals surface area contributed by atoms with E-state index in [-0.39, 0.29) is 5.75 Å². The van der Waals surface area contributed by atoms with E-state index in [4.69, 9.17) is 11.6 Å². The molecule has 0 amide bonds. The van der Waals surface area contributed by atoms with Crippen molar-refractivity contribution in [3.8, 4) is 5.75 Å². The van der Waals surface area contributed by atoms with Crippen molar-refractivity contribution in [3.05, 3.63) is 35.0 Å². The van der Waals surface area contributed by atoms with Gasteiger partial charge in [-0.3, -0.25) is 4.98 Å². The van der Waals surface area contributed by atoms with Gasteiger partial charge in [-0.2, -0.15) is 0 Å². The van der Waals surface area contributed by atoms with Crippen molar-refractivity contribution in [2.45, 2.75) is 26.1 Å². The molecule has 1 heterocycles. The molecule has 19 heavy (non-hydrogen) atoms. The number of hydrogen-bond acceptors (Lipinski definition) is 2. The molecule has 0 unspecified atom stereocenters. The van der Waals surface area contributed by atoms with Gasteiger partial charge in [0.2, 0.25) is 0 Å². The maximum absolute atomic E-state index is 12.1. The summed E-state index contributed by atoms with van der Waals surface area (Å²) < 4.78 is 40.3. The standard InChI is InChI=1S/C13H11ClF3NO/c1-2-3-8-6-11(14)10-7-9(19-13(15,16)17)4-5-12(10)18-8/h4-7H,2-3H2,1H3. The quantitative estimate of drug-likeness (QED) is 0.814. The van der Waals surface area contributed by atoms with Gasteiger partial charge in [0.15, 0.2) is 0 Å². The molecule has 6 heteroatoms. The first-order valence-corrected chi connectivity index (χ1v) is 6.12. The molecule has 2 aromatic rings. The van der Waals surface area contributed by atoms with Gasteiger partial charge in [-0.25, -0.2) is 0 Å². The molecule has 1 aromatic carbocycles. The Kier molecular flexibility index (Phi) is 3.85. The average Bonchev–Trinajstić information content (AvgIpc) is 2.28. The Hall–Kier alpha value is -1.49. The van der Waals surface area contributed by atoms with Gasteiger partial charge < -0.3 is 4.74 Å². The molecule has 0 spiro atoms. The number of benzene rings is 1. The van der Waals surface area contributed by atoms with Gasteiger partial charge >= 0.3 is 6.36 Å². The molecule has 0 radical (unpaired) electrons. The van der Waals surface area contributed by atoms with Crippen LogP contribution in [0.2, 0.25) is 5.02 Å². The van der Waals surface area contributed by atoms with Crippen LogP contribution in [0.4, 0.5) is 13.2 Å². The summed E-state index contributed by atoms with van der Waals surface area (Å²) in [5.74, 6) is -0.299. The number of fused-ring (bicyclic) bond motifs is 1. The third-order valence-corrected chi connectivity index (χ3v) is 2.84. The largest absolute Gasteiger partial charge is 0.573 e. The summed E-state index contributed by atoms with van der Waals surface area (Å²) in [7, 11) is 0. The van der Waals surface area contributed by atoms with Crippen molar-refractivity contribution in [3.63, 3.8) is 0 Å². The fraction of sp³-hybridized carbons (Fsp3) is 0.308. The predicted molar refractivity (Wildman–Crippen MR) is 67.4 cm³/mol. The molecule has 0 aliphatic rings. The Bertz CT molecular complexity index is 598. The Labute approximate surface area is 113 Å². The summed E-state index contributed by atoms with van der Waals surface area (Å²) in [6.45, 7) is 2.01. The lowest BCUT2D eigenvalue weighted by molar-refractivity contribution is -0.274. The predicted octanol–water partition coefficient (Wildman–Crippen LogP) is 4.74. The molecular weight excluding hydrogens is 279 g/mol. The zero-order chi connectivity index (χ0) is 14.0. The van der Waals surface area contributed by atoms with Crippen LogP contribution >= 0.6 is 11.6 Å². The summed E-state index contributed by atoms with van der Waals surface area (Å²) in [6, 6.07) is 5.62. The summed E-state index contributed by atoms with van der Waals surface area (Å²) in [4.78, 5) is 4.34. The van der Waals surface area contributed by atoms with Crippen molar-refractivity contribution >= 4 is 22.5 Å². The smallest absolute Gasteiger partial charge is 0.406 e. The lowest BCUT2D eigenvalue weighted by Gasteiger charge is -2.10. The molecule has 0 bridgehead atoms. The third kappa shape index (κ3) is 3.50. The Morgan fingerprint density at radius 3 is 2.63 bits per heavy atom. The van der Waals surface area contributed by atoms with Crippen LogP contribution in [-0.4, -0.2) is 11.3 Å². The van der Waals surface area contributed by atoms with E-state index in [9.17, 15) is 13.2 Å². The maximum Gasteiger partial charge on any atom is 0.573 e. The van der Waals surface area contributed by atoms with Gasteiger partial charge in [-0.15, -0.1) is 13.2 Å². The van der Waals surface area contributed by atoms with Crippen molar-refractivity contribution in [2.24, 2.45) is 0 Å². The van der Waals surface area contributed by atoms with E-state index in [0.29, 0.717) is 15.9 Å². The molecule has 0 aliphatic carbocycles. The second-order valence-corrected chi connectivity index (χ2v) is 4.48. The van der Waals surface area contributed by atoms with E-state index < -0.39 is 6.36 Å². The molecule has 2 rings (SSSR count). The highest BCUT2D eigenvalue weighted by atomic mass is 35.5. The lowest BCUT2D eigenvalue weighted by Crippen LogP contribution is -2.17. The Balaban J connectivity index is 2.43. The van der Waals surface area contributed by atoms with Gasteiger partial charge in [-0.05, 0) is 30.7 Å². The normalized spacial score (nSPS) is 11.8. The van der Waals surface area contributed by atoms with Crippen LogP contribution in [0.1, 0.15) is 19.0 Å². The number of pyridine rings is 1. The molecule has 0 N–H and O–H groups in total. The zero-order valence-electron chi connectivity index (χ0n) is 10.1. The molecule has 0 saturated carbocycles. The fourth-order valence-electron chi connectivity index (χ4n) is 1.80. The minimum Gasteiger partial charge on any atom is -0.406 e. The van der Waals surface area contributed by atoms with Crippen LogP contribution in [0.5, 0.6) is 5.75 Å². The number of aryl methyl sites for hydroxylation is 1. The second-order valence-electron chi connectivity index (χ2n) is 4.07. The topological polar surface area (TPSA) is 22.1 Å². The van der Waals surface area contributed by atoms with Crippen LogP contribution in [0.15, 0.2) is 24.3 Å². The maximum atomic E-state index is 12.1. The average molecular weight is 290 g/mol. The van der Waals surface area contributed by atoms with Gasteiger partial charge in [0.05, 0.1) is 10.5 Å². The van der Waals surface area contributed by atoms with Gasteiger partial charge in [0.1, 0.15) is 5.75 Å². The van der Waals surface area contributed by atoms with Gasteiger partial charge in [0, 0.05) is 11.1 Å². The van der Waals surface area contributed by atoms with Crippen molar-refractivity contribution < 1.29 is 17.9 Å². The summed E-state index contributed by atoms with van der Waals surface area (Å²) in [6.07, 6.45) is -3.02. The number of rotatable bonds is 3. The van der Waals surface area contributed by atoms with Crippen LogP contribution < -0.4 is 4.74 Å². The SMILES string of the molecule is CCCc1cc(Cl)c2cc(OC(F)(F)F)ccc2n1. The first-order chi connectivity index (χ1) is 8.89. The molecule has 1 aromatic heterocycles. The number of ether oxygens (including phenoxy) is 1. The molecule has 2 nitrogen and oxygen atoms in total. The van der Waals surface area contributed by atoms with E-state index in [1.54, 1.807) is 6.07 Å². The monoisotopic (exact) mass is 289 g/mol. The highest BCUT2D eigenvalue weighted by Gasteiger charge is 2.31. The molecule has 0 aliphatic heterocycles. The summed E-state index contributed by atoms with van der Waals surface area (Å²) in [5.41, 5.74) is 1.38. The van der Waals surface area contributed by atoms with Crippen LogP contribution in [0.3, 0.4) is 0 Å². The van der Waals surface area contributed by atoms with Crippen LogP contribution in [-0.2, 0) is 6.42 Å². The third-order valence-electron chi connectivity index (χ3n) is 2.52. The number of halogens is 4. The Morgan fingerprint density at radius 1 is 1.26 bits per heavy atom. The van der Waals surface area contributed by atoms with E-state index in [0.717, 1.165) is 18.5 Å². The molecule has 102 valence electrons. The Morgan fingerprint density at radius 2 is 2.00 bits per heavy atom. The number of aromatic nitrogens is 1. The van der Waals surface area contributed by atoms with E-state index in [2.05, 4.69) is 9.72 Å². The first-order valence-electron chi connectivity index (χ1n) is 5.74. The highest BCUT2D eigenvalue weighted by molar-refractivity contribution is 6.35. The zero-order valence-corrected chi connectivity index (χ0v) is 10.8. The lowest BCUT2D eigenvalue weighted by atomic mass is 10.1.